The molecule has 0 saturated heterocycles. The van der Waals surface area contributed by atoms with Gasteiger partial charge in [0.15, 0.2) is 0 Å². The molecule has 0 spiro atoms. The fourth-order valence-electron chi connectivity index (χ4n) is 1.89. The van der Waals surface area contributed by atoms with E-state index in [1.54, 1.807) is 0 Å². The lowest BCUT2D eigenvalue weighted by Crippen LogP contribution is -2.41. The maximum absolute atomic E-state index is 12.2. The highest BCUT2D eigenvalue weighted by atomic mass is 16.1. The summed E-state index contributed by atoms with van der Waals surface area (Å²) in [7, 11) is 0. The zero-order chi connectivity index (χ0) is 12.8. The van der Waals surface area contributed by atoms with Crippen LogP contribution < -0.4 is 11.1 Å². The molecule has 2 atom stereocenters. The Hall–Kier alpha value is -1.35. The van der Waals surface area contributed by atoms with Gasteiger partial charge in [-0.15, -0.1) is 0 Å². The van der Waals surface area contributed by atoms with Crippen molar-refractivity contribution in [2.75, 3.05) is 6.54 Å². The highest BCUT2D eigenvalue weighted by Crippen LogP contribution is 2.24. The molecule has 1 unspecified atom stereocenters. The Morgan fingerprint density at radius 3 is 2.29 bits per heavy atom. The molecule has 17 heavy (non-hydrogen) atoms. The minimum Gasteiger partial charge on any atom is -0.352 e. The molecule has 94 valence electrons. The van der Waals surface area contributed by atoms with Crippen LogP contribution in [0.2, 0.25) is 0 Å². The minimum absolute atomic E-state index is 0.0208. The zero-order valence-corrected chi connectivity index (χ0v) is 10.8. The summed E-state index contributed by atoms with van der Waals surface area (Å²) < 4.78 is 0. The first-order valence-electron chi connectivity index (χ1n) is 6.11. The van der Waals surface area contributed by atoms with Gasteiger partial charge in [0.2, 0.25) is 5.91 Å². The maximum Gasteiger partial charge on any atom is 0.228 e. The van der Waals surface area contributed by atoms with Gasteiger partial charge in [0.25, 0.3) is 0 Å². The highest BCUT2D eigenvalue weighted by Gasteiger charge is 2.24. The van der Waals surface area contributed by atoms with Gasteiger partial charge >= 0.3 is 0 Å². The molecule has 1 rings (SSSR count). The first-order valence-corrected chi connectivity index (χ1v) is 6.11. The molecule has 0 aliphatic carbocycles. The van der Waals surface area contributed by atoms with Gasteiger partial charge in [-0.1, -0.05) is 44.2 Å². The molecule has 0 radical (unpaired) electrons. The van der Waals surface area contributed by atoms with Crippen molar-refractivity contribution < 1.29 is 4.79 Å². The number of carbonyl (C=O) groups excluding carboxylic acids is 1. The third-order valence-corrected chi connectivity index (χ3v) is 2.85. The molecule has 0 aliphatic heterocycles. The Morgan fingerprint density at radius 1 is 1.24 bits per heavy atom. The molecule has 0 bridgehead atoms. The number of rotatable bonds is 5. The van der Waals surface area contributed by atoms with Gasteiger partial charge in [-0.05, 0) is 18.4 Å². The summed E-state index contributed by atoms with van der Waals surface area (Å²) in [5.41, 5.74) is 6.58. The molecule has 0 heterocycles. The van der Waals surface area contributed by atoms with Crippen LogP contribution in [-0.4, -0.2) is 18.5 Å². The molecule has 3 nitrogen and oxygen atoms in total. The van der Waals surface area contributed by atoms with Crippen molar-refractivity contribution in [2.24, 2.45) is 11.7 Å². The zero-order valence-electron chi connectivity index (χ0n) is 10.8. The fourth-order valence-corrected chi connectivity index (χ4v) is 1.89. The topological polar surface area (TPSA) is 55.1 Å². The minimum atomic E-state index is -0.106. The van der Waals surface area contributed by atoms with Crippen molar-refractivity contribution in [2.45, 2.75) is 32.7 Å². The van der Waals surface area contributed by atoms with E-state index < -0.39 is 0 Å². The smallest absolute Gasteiger partial charge is 0.228 e. The van der Waals surface area contributed by atoms with E-state index in [4.69, 9.17) is 5.73 Å². The number of amides is 1. The summed E-state index contributed by atoms with van der Waals surface area (Å²) in [5.74, 6) is 0.219. The lowest BCUT2D eigenvalue weighted by Gasteiger charge is -2.22. The van der Waals surface area contributed by atoms with Crippen molar-refractivity contribution in [3.8, 4) is 0 Å². The van der Waals surface area contributed by atoms with Gasteiger partial charge in [0.05, 0.1) is 5.92 Å². The molecule has 0 aliphatic rings. The predicted molar refractivity (Wildman–Crippen MR) is 70.7 cm³/mol. The van der Waals surface area contributed by atoms with Crippen LogP contribution in [0.4, 0.5) is 0 Å². The molecule has 1 aromatic carbocycles. The second-order valence-electron chi connectivity index (χ2n) is 4.78. The summed E-state index contributed by atoms with van der Waals surface area (Å²) in [5, 5.41) is 2.95. The molecule has 3 N–H and O–H groups in total. The molecular formula is C14H22N2O. The standard InChI is InChI=1S/C14H22N2O/c1-10(2)13(12-7-5-4-6-8-12)14(17)16-11(3)9-15/h4-8,10-11,13H,9,15H2,1-3H3,(H,16,17)/t11-,13?/m0/s1. The lowest BCUT2D eigenvalue weighted by atomic mass is 9.87. The molecule has 3 heteroatoms. The van der Waals surface area contributed by atoms with Crippen LogP contribution in [0.5, 0.6) is 0 Å². The van der Waals surface area contributed by atoms with Crippen LogP contribution in [0.25, 0.3) is 0 Å². The summed E-state index contributed by atoms with van der Waals surface area (Å²) >= 11 is 0. The summed E-state index contributed by atoms with van der Waals surface area (Å²) in [6, 6.07) is 9.90. The first-order chi connectivity index (χ1) is 8.06. The van der Waals surface area contributed by atoms with Gasteiger partial charge in [0, 0.05) is 12.6 Å². The number of nitrogens with one attached hydrogen (secondary N) is 1. The van der Waals surface area contributed by atoms with E-state index in [0.29, 0.717) is 6.54 Å². The van der Waals surface area contributed by atoms with Crippen LogP contribution in [0, 0.1) is 5.92 Å². The average Bonchev–Trinajstić information content (AvgIpc) is 2.29. The van der Waals surface area contributed by atoms with Crippen LogP contribution in [0.1, 0.15) is 32.3 Å². The Kier molecular flexibility index (Phi) is 5.16. The van der Waals surface area contributed by atoms with Crippen molar-refractivity contribution in [1.29, 1.82) is 0 Å². The largest absolute Gasteiger partial charge is 0.352 e. The molecule has 1 aromatic rings. The van der Waals surface area contributed by atoms with E-state index in [9.17, 15) is 4.79 Å². The summed E-state index contributed by atoms with van der Waals surface area (Å²) in [6.45, 7) is 6.50. The third kappa shape index (κ3) is 3.86. The number of hydrogen-bond acceptors (Lipinski definition) is 2. The maximum atomic E-state index is 12.2. The molecule has 0 fully saturated rings. The summed E-state index contributed by atoms with van der Waals surface area (Å²) in [6.07, 6.45) is 0. The Balaban J connectivity index is 2.84. The monoisotopic (exact) mass is 234 g/mol. The normalized spacial score (nSPS) is 14.4. The molecule has 0 aromatic heterocycles. The average molecular weight is 234 g/mol. The van der Waals surface area contributed by atoms with Crippen LogP contribution in [0.15, 0.2) is 30.3 Å². The third-order valence-electron chi connectivity index (χ3n) is 2.85. The SMILES string of the molecule is CC(C)C(C(=O)N[C@@H](C)CN)c1ccccc1. The number of hydrogen-bond donors (Lipinski definition) is 2. The molecule has 0 saturated carbocycles. The first kappa shape index (κ1) is 13.7. The van der Waals surface area contributed by atoms with Crippen molar-refractivity contribution in [3.05, 3.63) is 35.9 Å². The predicted octanol–water partition coefficient (Wildman–Crippen LogP) is 1.89. The molecular weight excluding hydrogens is 212 g/mol. The Bertz CT molecular complexity index is 348. The van der Waals surface area contributed by atoms with E-state index >= 15 is 0 Å². The number of nitrogens with two attached hydrogens (primary N) is 1. The van der Waals surface area contributed by atoms with Gasteiger partial charge in [-0.25, -0.2) is 0 Å². The lowest BCUT2D eigenvalue weighted by molar-refractivity contribution is -0.124. The van der Waals surface area contributed by atoms with E-state index in [0.717, 1.165) is 5.56 Å². The van der Waals surface area contributed by atoms with Crippen molar-refractivity contribution >= 4 is 5.91 Å². The van der Waals surface area contributed by atoms with Gasteiger partial charge in [0.1, 0.15) is 0 Å². The number of benzene rings is 1. The second-order valence-corrected chi connectivity index (χ2v) is 4.78. The van der Waals surface area contributed by atoms with Gasteiger partial charge < -0.3 is 11.1 Å². The fraction of sp³-hybridized carbons (Fsp3) is 0.500. The van der Waals surface area contributed by atoms with Crippen LogP contribution in [-0.2, 0) is 4.79 Å². The van der Waals surface area contributed by atoms with Gasteiger partial charge in [-0.2, -0.15) is 0 Å². The Labute approximate surface area is 103 Å². The van der Waals surface area contributed by atoms with E-state index in [1.807, 2.05) is 37.3 Å². The molecule has 1 amide bonds. The highest BCUT2D eigenvalue weighted by molar-refractivity contribution is 5.84. The van der Waals surface area contributed by atoms with Crippen LogP contribution >= 0.6 is 0 Å². The number of carbonyl (C=O) groups is 1. The van der Waals surface area contributed by atoms with E-state index in [2.05, 4.69) is 19.2 Å². The van der Waals surface area contributed by atoms with Crippen LogP contribution in [0.3, 0.4) is 0 Å². The summed E-state index contributed by atoms with van der Waals surface area (Å²) in [4.78, 5) is 12.2. The van der Waals surface area contributed by atoms with E-state index in [-0.39, 0.29) is 23.8 Å². The van der Waals surface area contributed by atoms with E-state index in [1.165, 1.54) is 0 Å². The Morgan fingerprint density at radius 2 is 1.82 bits per heavy atom. The van der Waals surface area contributed by atoms with Crippen molar-refractivity contribution in [1.82, 2.24) is 5.32 Å². The van der Waals surface area contributed by atoms with Gasteiger partial charge in [-0.3, -0.25) is 4.79 Å². The quantitative estimate of drug-likeness (QED) is 0.817. The second kappa shape index (κ2) is 6.40. The van der Waals surface area contributed by atoms with Crippen molar-refractivity contribution in [3.63, 3.8) is 0 Å².